The lowest BCUT2D eigenvalue weighted by molar-refractivity contribution is -0.118. The molecule has 1 aliphatic heterocycles. The van der Waals surface area contributed by atoms with E-state index in [1.165, 1.54) is 12.1 Å². The molecule has 0 saturated heterocycles. The summed E-state index contributed by atoms with van der Waals surface area (Å²) in [5, 5.41) is 24.6. The lowest BCUT2D eigenvalue weighted by atomic mass is 9.69. The zero-order valence-corrected chi connectivity index (χ0v) is 14.7. The van der Waals surface area contributed by atoms with Crippen molar-refractivity contribution < 1.29 is 15.0 Å². The van der Waals surface area contributed by atoms with E-state index in [0.717, 1.165) is 5.56 Å². The highest BCUT2D eigenvalue weighted by Crippen LogP contribution is 2.53. The molecule has 4 rings (SSSR count). The van der Waals surface area contributed by atoms with Gasteiger partial charge >= 0.3 is 0 Å². The van der Waals surface area contributed by atoms with E-state index < -0.39 is 5.41 Å². The third-order valence-electron chi connectivity index (χ3n) is 5.00. The summed E-state index contributed by atoms with van der Waals surface area (Å²) in [7, 11) is 0. The Hall–Kier alpha value is -2.98. The van der Waals surface area contributed by atoms with Gasteiger partial charge in [-0.1, -0.05) is 54.1 Å². The number of carbonyl (C=O) groups excluding carboxylic acids is 1. The monoisotopic (exact) mass is 365 g/mol. The molecule has 3 aromatic rings. The number of hydrogen-bond acceptors (Lipinski definition) is 3. The Kier molecular flexibility index (Phi) is 3.67. The van der Waals surface area contributed by atoms with Gasteiger partial charge in [0.25, 0.3) is 0 Å². The van der Waals surface area contributed by atoms with Gasteiger partial charge in [0.15, 0.2) is 0 Å². The molecule has 1 heterocycles. The van der Waals surface area contributed by atoms with E-state index in [1.807, 2.05) is 6.92 Å². The summed E-state index contributed by atoms with van der Waals surface area (Å²) in [6.07, 6.45) is 0. The second kappa shape index (κ2) is 5.78. The van der Waals surface area contributed by atoms with Gasteiger partial charge in [-0.2, -0.15) is 0 Å². The normalized spacial score (nSPS) is 14.8. The van der Waals surface area contributed by atoms with Crippen molar-refractivity contribution in [2.75, 3.05) is 5.32 Å². The number of amides is 1. The minimum absolute atomic E-state index is 0.0219. The molecule has 0 fully saturated rings. The molecule has 0 atom stereocenters. The summed E-state index contributed by atoms with van der Waals surface area (Å²) in [5.41, 5.74) is 1.42. The number of rotatable bonds is 2. The molecule has 3 aromatic carbocycles. The summed E-state index contributed by atoms with van der Waals surface area (Å²) in [4.78, 5) is 13.3. The van der Waals surface area contributed by atoms with Crippen LogP contribution in [0.2, 0.25) is 5.02 Å². The van der Waals surface area contributed by atoms with Crippen molar-refractivity contribution in [3.63, 3.8) is 0 Å². The van der Waals surface area contributed by atoms with Gasteiger partial charge in [-0.25, -0.2) is 0 Å². The number of halogens is 1. The molecule has 1 aliphatic rings. The van der Waals surface area contributed by atoms with E-state index in [4.69, 9.17) is 11.6 Å². The van der Waals surface area contributed by atoms with E-state index in [1.54, 1.807) is 48.5 Å². The first-order chi connectivity index (χ1) is 12.5. The fraction of sp³-hybridized carbons (Fsp3) is 0.0952. The first kappa shape index (κ1) is 16.5. The van der Waals surface area contributed by atoms with Crippen LogP contribution in [0.4, 0.5) is 5.69 Å². The minimum atomic E-state index is -1.37. The molecule has 0 bridgehead atoms. The molecular weight excluding hydrogens is 350 g/mol. The highest BCUT2D eigenvalue weighted by molar-refractivity contribution is 6.32. The molecule has 130 valence electrons. The standard InChI is InChI=1S/C21H16ClNO3/c1-12-16(22)11-10-15-19(12)23-20(26)21(15,13-6-2-4-8-17(13)24)14-7-3-5-9-18(14)25/h2-11,24-25H,1H3,(H,23,26). The highest BCUT2D eigenvalue weighted by atomic mass is 35.5. The SMILES string of the molecule is Cc1c(Cl)ccc2c1NC(=O)C2(c1ccccc1O)c1ccccc1O. The van der Waals surface area contributed by atoms with Crippen molar-refractivity contribution in [1.29, 1.82) is 0 Å². The van der Waals surface area contributed by atoms with Gasteiger partial charge in [-0.3, -0.25) is 4.79 Å². The van der Waals surface area contributed by atoms with Crippen LogP contribution in [0.15, 0.2) is 60.7 Å². The minimum Gasteiger partial charge on any atom is -0.508 e. The number of nitrogens with one attached hydrogen (secondary N) is 1. The van der Waals surface area contributed by atoms with Crippen LogP contribution in [0, 0.1) is 6.92 Å². The number of hydrogen-bond donors (Lipinski definition) is 3. The van der Waals surface area contributed by atoms with Crippen molar-refractivity contribution in [1.82, 2.24) is 0 Å². The van der Waals surface area contributed by atoms with Gasteiger partial charge in [0.2, 0.25) is 5.91 Å². The zero-order chi connectivity index (χ0) is 18.5. The maximum atomic E-state index is 13.3. The first-order valence-corrected chi connectivity index (χ1v) is 8.53. The Morgan fingerprint density at radius 3 is 1.92 bits per heavy atom. The maximum absolute atomic E-state index is 13.3. The van der Waals surface area contributed by atoms with Gasteiger partial charge < -0.3 is 15.5 Å². The summed E-state index contributed by atoms with van der Waals surface area (Å²) >= 11 is 6.24. The number of para-hydroxylation sites is 2. The van der Waals surface area contributed by atoms with Crippen LogP contribution >= 0.6 is 11.6 Å². The summed E-state index contributed by atoms with van der Waals surface area (Å²) in [6, 6.07) is 16.8. The lowest BCUT2D eigenvalue weighted by Gasteiger charge is -2.30. The number of benzene rings is 3. The van der Waals surface area contributed by atoms with Crippen molar-refractivity contribution in [3.8, 4) is 11.5 Å². The number of phenols is 2. The first-order valence-electron chi connectivity index (χ1n) is 8.16. The van der Waals surface area contributed by atoms with Crippen LogP contribution in [0.5, 0.6) is 11.5 Å². The smallest absolute Gasteiger partial charge is 0.244 e. The molecule has 0 radical (unpaired) electrons. The second-order valence-corrected chi connectivity index (χ2v) is 6.74. The number of fused-ring (bicyclic) bond motifs is 1. The quantitative estimate of drug-likeness (QED) is 0.632. The Labute approximate surface area is 155 Å². The maximum Gasteiger partial charge on any atom is 0.244 e. The summed E-state index contributed by atoms with van der Waals surface area (Å²) < 4.78 is 0. The molecule has 5 heteroatoms. The number of aromatic hydroxyl groups is 2. The molecule has 4 nitrogen and oxygen atoms in total. The van der Waals surface area contributed by atoms with Gasteiger partial charge in [0.1, 0.15) is 16.9 Å². The number of anilines is 1. The molecule has 26 heavy (non-hydrogen) atoms. The topological polar surface area (TPSA) is 69.6 Å². The van der Waals surface area contributed by atoms with Crippen LogP contribution in [0.1, 0.15) is 22.3 Å². The van der Waals surface area contributed by atoms with Crippen LogP contribution in [-0.2, 0) is 10.2 Å². The molecular formula is C21H16ClNO3. The Balaban J connectivity index is 2.17. The predicted octanol–water partition coefficient (Wildman–Crippen LogP) is 4.35. The predicted molar refractivity (Wildman–Crippen MR) is 101 cm³/mol. The summed E-state index contributed by atoms with van der Waals surface area (Å²) in [6.45, 7) is 1.83. The Morgan fingerprint density at radius 2 is 1.38 bits per heavy atom. The highest BCUT2D eigenvalue weighted by Gasteiger charge is 2.52. The fourth-order valence-electron chi connectivity index (χ4n) is 3.75. The molecule has 0 unspecified atom stereocenters. The van der Waals surface area contributed by atoms with Crippen LogP contribution in [0.25, 0.3) is 0 Å². The van der Waals surface area contributed by atoms with E-state index in [2.05, 4.69) is 5.32 Å². The van der Waals surface area contributed by atoms with Crippen LogP contribution in [0.3, 0.4) is 0 Å². The van der Waals surface area contributed by atoms with E-state index in [9.17, 15) is 15.0 Å². The molecule has 0 aromatic heterocycles. The van der Waals surface area contributed by atoms with E-state index in [-0.39, 0.29) is 17.4 Å². The van der Waals surface area contributed by atoms with Gasteiger partial charge in [-0.15, -0.1) is 0 Å². The average Bonchev–Trinajstić information content (AvgIpc) is 2.93. The van der Waals surface area contributed by atoms with Gasteiger partial charge in [0.05, 0.1) is 5.69 Å². The van der Waals surface area contributed by atoms with E-state index >= 15 is 0 Å². The van der Waals surface area contributed by atoms with Crippen molar-refractivity contribution in [2.24, 2.45) is 0 Å². The van der Waals surface area contributed by atoms with Gasteiger partial charge in [-0.05, 0) is 30.7 Å². The van der Waals surface area contributed by atoms with E-state index in [0.29, 0.717) is 27.4 Å². The Morgan fingerprint density at radius 1 is 0.846 bits per heavy atom. The van der Waals surface area contributed by atoms with Crippen LogP contribution < -0.4 is 5.32 Å². The molecule has 0 saturated carbocycles. The number of phenolic OH excluding ortho intramolecular Hbond substituents is 2. The lowest BCUT2D eigenvalue weighted by Crippen LogP contribution is -2.37. The van der Waals surface area contributed by atoms with Crippen LogP contribution in [-0.4, -0.2) is 16.1 Å². The third kappa shape index (κ3) is 2.06. The zero-order valence-electron chi connectivity index (χ0n) is 14.0. The van der Waals surface area contributed by atoms with Crippen molar-refractivity contribution in [3.05, 3.63) is 87.9 Å². The van der Waals surface area contributed by atoms with Crippen molar-refractivity contribution in [2.45, 2.75) is 12.3 Å². The Bertz CT molecular complexity index is 1000. The second-order valence-electron chi connectivity index (χ2n) is 6.33. The summed E-state index contributed by atoms with van der Waals surface area (Å²) in [5.74, 6) is -0.390. The molecule has 3 N–H and O–H groups in total. The molecule has 0 aliphatic carbocycles. The van der Waals surface area contributed by atoms with Gasteiger partial charge in [0, 0.05) is 21.7 Å². The average molecular weight is 366 g/mol. The fourth-order valence-corrected chi connectivity index (χ4v) is 3.91. The number of carbonyl (C=O) groups is 1. The third-order valence-corrected chi connectivity index (χ3v) is 5.41. The largest absolute Gasteiger partial charge is 0.508 e. The van der Waals surface area contributed by atoms with Crippen molar-refractivity contribution >= 4 is 23.2 Å². The molecule has 1 amide bonds. The molecule has 0 spiro atoms.